The van der Waals surface area contributed by atoms with Crippen molar-refractivity contribution >= 4 is 11.9 Å². The van der Waals surface area contributed by atoms with Crippen molar-refractivity contribution in [1.82, 2.24) is 5.32 Å². The smallest absolute Gasteiger partial charge is 0.305 e. The van der Waals surface area contributed by atoms with Crippen LogP contribution < -0.4 is 5.32 Å². The van der Waals surface area contributed by atoms with E-state index in [4.69, 9.17) is 14.2 Å². The number of hydrogen-bond acceptors (Lipinski definition) is 10. The minimum absolute atomic E-state index is 0.0108. The van der Waals surface area contributed by atoms with Gasteiger partial charge in [-0.2, -0.15) is 0 Å². The van der Waals surface area contributed by atoms with Gasteiger partial charge in [0.25, 0.3) is 0 Å². The van der Waals surface area contributed by atoms with Gasteiger partial charge in [0.2, 0.25) is 5.91 Å². The lowest BCUT2D eigenvalue weighted by Gasteiger charge is -2.40. The molecule has 1 saturated heterocycles. The van der Waals surface area contributed by atoms with Gasteiger partial charge >= 0.3 is 5.97 Å². The van der Waals surface area contributed by atoms with Gasteiger partial charge < -0.3 is 45.1 Å². The highest BCUT2D eigenvalue weighted by Gasteiger charge is 2.44. The second kappa shape index (κ2) is 50.8. The molecular weight excluding hydrogens is 907 g/mol. The van der Waals surface area contributed by atoms with Crippen LogP contribution in [0.2, 0.25) is 0 Å². The zero-order chi connectivity index (χ0) is 52.4. The van der Waals surface area contributed by atoms with Gasteiger partial charge in [-0.3, -0.25) is 9.59 Å². The van der Waals surface area contributed by atoms with Crippen LogP contribution in [0.25, 0.3) is 0 Å². The number of unbranched alkanes of at least 4 members (excludes halogenated alkanes) is 31. The minimum Gasteiger partial charge on any atom is -0.466 e. The molecule has 1 aliphatic heterocycles. The summed E-state index contributed by atoms with van der Waals surface area (Å²) in [5.41, 5.74) is 0. The van der Waals surface area contributed by atoms with Crippen LogP contribution in [-0.2, 0) is 23.8 Å². The number of carbonyl (C=O) groups excluding carboxylic acids is 2. The number of esters is 1. The Labute approximate surface area is 440 Å². The topological polar surface area (TPSA) is 175 Å². The molecule has 0 aromatic heterocycles. The van der Waals surface area contributed by atoms with Gasteiger partial charge in [-0.1, -0.05) is 210 Å². The number of hydrogen-bond donors (Lipinski definition) is 6. The summed E-state index contributed by atoms with van der Waals surface area (Å²) in [6.45, 7) is 4.23. The normalized spacial score (nSPS) is 19.3. The Hall–Kier alpha value is -2.38. The highest BCUT2D eigenvalue weighted by Crippen LogP contribution is 2.23. The number of ether oxygens (including phenoxy) is 3. The first-order chi connectivity index (χ1) is 35.2. The van der Waals surface area contributed by atoms with E-state index < -0.39 is 49.5 Å². The van der Waals surface area contributed by atoms with Crippen LogP contribution in [0.5, 0.6) is 0 Å². The van der Waals surface area contributed by atoms with Crippen LogP contribution in [0.3, 0.4) is 0 Å². The second-order valence-electron chi connectivity index (χ2n) is 20.7. The Bertz CT molecular complexity index is 1340. The van der Waals surface area contributed by atoms with Gasteiger partial charge in [0.15, 0.2) is 6.29 Å². The van der Waals surface area contributed by atoms with Crippen LogP contribution in [-0.4, -0.2) is 100 Å². The van der Waals surface area contributed by atoms with Crippen LogP contribution in [0.4, 0.5) is 0 Å². The second-order valence-corrected chi connectivity index (χ2v) is 20.7. The average molecular weight is 1020 g/mol. The fourth-order valence-corrected chi connectivity index (χ4v) is 9.07. The fraction of sp³-hybridized carbons (Fsp3) is 0.836. The molecule has 0 bridgehead atoms. The molecule has 11 heteroatoms. The molecule has 0 spiro atoms. The Kier molecular flexibility index (Phi) is 47.7. The first kappa shape index (κ1) is 67.6. The van der Waals surface area contributed by atoms with Crippen molar-refractivity contribution in [3.63, 3.8) is 0 Å². The first-order valence-electron chi connectivity index (χ1n) is 29.9. The number of rotatable bonds is 51. The van der Waals surface area contributed by atoms with Gasteiger partial charge in [0.05, 0.1) is 32.0 Å². The summed E-state index contributed by atoms with van der Waals surface area (Å²) < 4.78 is 16.6. The molecule has 0 aromatic carbocycles. The van der Waals surface area contributed by atoms with E-state index in [1.54, 1.807) is 6.08 Å². The molecule has 0 aromatic rings. The number of nitrogens with one attached hydrogen (secondary N) is 1. The van der Waals surface area contributed by atoms with Gasteiger partial charge in [-0.15, -0.1) is 0 Å². The standard InChI is InChI=1S/C61H111NO10/c1-3-5-7-9-11-13-28-33-37-41-45-49-57(66)70-50-46-42-38-34-30-27-25-23-21-19-17-15-14-16-18-20-22-24-26-29-32-36-40-44-48-56(65)62-53(54(64)47-43-39-35-31-12-10-8-6-4-2)52-71-61-60(69)59(68)58(67)55(51-63)72-61/h9,11-12,16,18,31,43,47,53-55,58-61,63-64,67-69H,3-8,10,13-15,17,19-30,32-42,44-46,48-52H2,1-2H3,(H,62,65)/b11-9-,18-16-,31-12+,47-43+. The molecule has 0 saturated carbocycles. The monoisotopic (exact) mass is 1020 g/mol. The molecule has 420 valence electrons. The van der Waals surface area contributed by atoms with E-state index in [0.29, 0.717) is 19.4 Å². The maximum Gasteiger partial charge on any atom is 0.305 e. The maximum absolute atomic E-state index is 13.0. The quantitative estimate of drug-likeness (QED) is 0.0195. The van der Waals surface area contributed by atoms with E-state index in [2.05, 4.69) is 55.6 Å². The number of aliphatic hydroxyl groups excluding tert-OH is 5. The van der Waals surface area contributed by atoms with Gasteiger partial charge in [-0.25, -0.2) is 0 Å². The van der Waals surface area contributed by atoms with Gasteiger partial charge in [0.1, 0.15) is 24.4 Å². The Balaban J connectivity index is 2.02. The minimum atomic E-state index is -1.58. The molecule has 1 rings (SSSR count). The van der Waals surface area contributed by atoms with Crippen LogP contribution in [0.15, 0.2) is 48.6 Å². The van der Waals surface area contributed by atoms with E-state index in [-0.39, 0.29) is 18.5 Å². The summed E-state index contributed by atoms with van der Waals surface area (Å²) in [5, 5.41) is 54.1. The number of aliphatic hydroxyl groups is 5. The number of carbonyl (C=O) groups is 2. The van der Waals surface area contributed by atoms with Crippen molar-refractivity contribution < 1.29 is 49.3 Å². The van der Waals surface area contributed by atoms with E-state index in [0.717, 1.165) is 70.6 Å². The Morgan fingerprint density at radius 3 is 1.42 bits per heavy atom. The van der Waals surface area contributed by atoms with Crippen molar-refractivity contribution in [2.75, 3.05) is 19.8 Å². The SMILES string of the molecule is CCCC/C=C\CCCCCCCC(=O)OCCCCCCCCCCCCCC/C=C\CCCCCCCCCCC(=O)NC(COC1OC(CO)C(O)C(O)C1O)C(O)/C=C/CC/C=C/CCCCC. The summed E-state index contributed by atoms with van der Waals surface area (Å²) >= 11 is 0. The predicted octanol–water partition coefficient (Wildman–Crippen LogP) is 13.7. The fourth-order valence-electron chi connectivity index (χ4n) is 9.07. The lowest BCUT2D eigenvalue weighted by atomic mass is 9.99. The van der Waals surface area contributed by atoms with Gasteiger partial charge in [0, 0.05) is 12.8 Å². The number of allylic oxidation sites excluding steroid dienone is 7. The third-order valence-electron chi connectivity index (χ3n) is 13.9. The van der Waals surface area contributed by atoms with Crippen LogP contribution in [0, 0.1) is 0 Å². The lowest BCUT2D eigenvalue weighted by molar-refractivity contribution is -0.302. The zero-order valence-corrected chi connectivity index (χ0v) is 46.1. The van der Waals surface area contributed by atoms with Crippen LogP contribution in [0.1, 0.15) is 264 Å². The van der Waals surface area contributed by atoms with Crippen molar-refractivity contribution in [3.05, 3.63) is 48.6 Å². The van der Waals surface area contributed by atoms with Crippen molar-refractivity contribution in [2.45, 2.75) is 307 Å². The maximum atomic E-state index is 13.0. The molecular formula is C61H111NO10. The molecule has 7 unspecified atom stereocenters. The van der Waals surface area contributed by atoms with E-state index >= 15 is 0 Å². The van der Waals surface area contributed by atoms with Gasteiger partial charge in [-0.05, 0) is 89.9 Å². The molecule has 1 aliphatic rings. The summed E-state index contributed by atoms with van der Waals surface area (Å²) in [4.78, 5) is 25.0. The molecule has 1 fully saturated rings. The predicted molar refractivity (Wildman–Crippen MR) is 297 cm³/mol. The highest BCUT2D eigenvalue weighted by molar-refractivity contribution is 5.76. The van der Waals surface area contributed by atoms with Crippen molar-refractivity contribution in [2.24, 2.45) is 0 Å². The van der Waals surface area contributed by atoms with E-state index in [1.165, 1.54) is 167 Å². The van der Waals surface area contributed by atoms with Crippen LogP contribution >= 0.6 is 0 Å². The summed E-state index contributed by atoms with van der Waals surface area (Å²) in [6, 6.07) is -0.830. The molecule has 0 radical (unpaired) electrons. The molecule has 6 N–H and O–H groups in total. The number of amides is 1. The molecule has 72 heavy (non-hydrogen) atoms. The third-order valence-corrected chi connectivity index (χ3v) is 13.9. The van der Waals surface area contributed by atoms with Crippen molar-refractivity contribution in [1.29, 1.82) is 0 Å². The largest absolute Gasteiger partial charge is 0.466 e. The van der Waals surface area contributed by atoms with E-state index in [9.17, 15) is 35.1 Å². The molecule has 1 amide bonds. The average Bonchev–Trinajstić information content (AvgIpc) is 3.38. The summed E-state index contributed by atoms with van der Waals surface area (Å²) in [7, 11) is 0. The molecule has 1 heterocycles. The van der Waals surface area contributed by atoms with Crippen molar-refractivity contribution in [3.8, 4) is 0 Å². The van der Waals surface area contributed by atoms with E-state index in [1.807, 2.05) is 6.08 Å². The molecule has 11 nitrogen and oxygen atoms in total. The Morgan fingerprint density at radius 2 is 0.917 bits per heavy atom. The Morgan fingerprint density at radius 1 is 0.500 bits per heavy atom. The molecule has 7 atom stereocenters. The first-order valence-corrected chi connectivity index (χ1v) is 29.9. The lowest BCUT2D eigenvalue weighted by Crippen LogP contribution is -2.60. The highest BCUT2D eigenvalue weighted by atomic mass is 16.7. The summed E-state index contributed by atoms with van der Waals surface area (Å²) in [5.74, 6) is -0.211. The molecule has 0 aliphatic carbocycles. The summed E-state index contributed by atoms with van der Waals surface area (Å²) in [6.07, 6.45) is 53.7. The zero-order valence-electron chi connectivity index (χ0n) is 46.1. The third kappa shape index (κ3) is 40.0.